The van der Waals surface area contributed by atoms with Crippen molar-refractivity contribution < 1.29 is 22.6 Å². The maximum atomic E-state index is 12.7. The van der Waals surface area contributed by atoms with Gasteiger partial charge in [-0.2, -0.15) is 18.2 Å². The summed E-state index contributed by atoms with van der Waals surface area (Å²) in [6, 6.07) is 10.8. The maximum absolute atomic E-state index is 12.7. The fourth-order valence-electron chi connectivity index (χ4n) is 2.08. The number of rotatable bonds is 3. The number of nitrogens with zero attached hydrogens (tertiary/aromatic N) is 3. The van der Waals surface area contributed by atoms with Crippen LogP contribution in [0.2, 0.25) is 0 Å². The molecule has 122 valence electrons. The highest BCUT2D eigenvalue weighted by molar-refractivity contribution is 5.69. The van der Waals surface area contributed by atoms with Crippen LogP contribution in [0.15, 0.2) is 53.1 Å². The van der Waals surface area contributed by atoms with Gasteiger partial charge in [-0.1, -0.05) is 35.5 Å². The number of halogens is 3. The highest BCUT2D eigenvalue weighted by Gasteiger charge is 2.34. The molecule has 0 spiro atoms. The Morgan fingerprint density at radius 3 is 2.42 bits per heavy atom. The van der Waals surface area contributed by atoms with Gasteiger partial charge in [0, 0.05) is 11.6 Å². The van der Waals surface area contributed by atoms with Crippen LogP contribution >= 0.6 is 0 Å². The van der Waals surface area contributed by atoms with Crippen LogP contribution < -0.4 is 0 Å². The SMILES string of the molecule is O=[N+]([O-])c1cc(C(F)(F)F)ccc1-c1nc(-c2ccccc2)no1. The van der Waals surface area contributed by atoms with Crippen LogP contribution in [-0.4, -0.2) is 15.1 Å². The molecule has 2 aromatic carbocycles. The van der Waals surface area contributed by atoms with Gasteiger partial charge >= 0.3 is 6.18 Å². The molecule has 0 radical (unpaired) electrons. The molecule has 0 saturated heterocycles. The van der Waals surface area contributed by atoms with Crippen LogP contribution in [0.3, 0.4) is 0 Å². The topological polar surface area (TPSA) is 82.1 Å². The lowest BCUT2D eigenvalue weighted by atomic mass is 10.1. The largest absolute Gasteiger partial charge is 0.416 e. The van der Waals surface area contributed by atoms with Crippen LogP contribution in [0.5, 0.6) is 0 Å². The van der Waals surface area contributed by atoms with E-state index < -0.39 is 22.4 Å². The Bertz CT molecular complexity index is 892. The molecule has 0 amide bonds. The van der Waals surface area contributed by atoms with Crippen LogP contribution in [0.4, 0.5) is 18.9 Å². The molecule has 3 rings (SSSR count). The van der Waals surface area contributed by atoms with Crippen molar-refractivity contribution in [3.63, 3.8) is 0 Å². The fraction of sp³-hybridized carbons (Fsp3) is 0.0667. The summed E-state index contributed by atoms with van der Waals surface area (Å²) in [5.74, 6) is -0.0472. The Kier molecular flexibility index (Phi) is 3.76. The molecular weight excluding hydrogens is 327 g/mol. The number of nitro groups is 1. The van der Waals surface area contributed by atoms with Gasteiger partial charge in [0.1, 0.15) is 5.56 Å². The minimum Gasteiger partial charge on any atom is -0.333 e. The molecule has 0 saturated carbocycles. The summed E-state index contributed by atoms with van der Waals surface area (Å²) < 4.78 is 43.1. The average Bonchev–Trinajstić information content (AvgIpc) is 3.04. The van der Waals surface area contributed by atoms with Crippen LogP contribution in [0, 0.1) is 10.1 Å². The molecule has 0 atom stereocenters. The molecule has 0 unspecified atom stereocenters. The van der Waals surface area contributed by atoms with E-state index in [1.54, 1.807) is 30.3 Å². The van der Waals surface area contributed by atoms with Gasteiger partial charge in [0.05, 0.1) is 10.5 Å². The van der Waals surface area contributed by atoms with E-state index in [2.05, 4.69) is 10.1 Å². The Labute approximate surface area is 132 Å². The van der Waals surface area contributed by atoms with E-state index in [1.165, 1.54) is 0 Å². The molecule has 0 aliphatic heterocycles. The van der Waals surface area contributed by atoms with Gasteiger partial charge in [0.25, 0.3) is 11.6 Å². The summed E-state index contributed by atoms with van der Waals surface area (Å²) in [4.78, 5) is 14.2. The summed E-state index contributed by atoms with van der Waals surface area (Å²) in [5.41, 5.74) is -1.45. The summed E-state index contributed by atoms with van der Waals surface area (Å²) in [5, 5.41) is 14.8. The quantitative estimate of drug-likeness (QED) is 0.525. The number of aromatic nitrogens is 2. The van der Waals surface area contributed by atoms with Crippen molar-refractivity contribution in [1.29, 1.82) is 0 Å². The van der Waals surface area contributed by atoms with E-state index in [0.717, 1.165) is 12.1 Å². The second-order valence-corrected chi connectivity index (χ2v) is 4.78. The first-order valence-corrected chi connectivity index (χ1v) is 6.61. The highest BCUT2D eigenvalue weighted by atomic mass is 19.4. The van der Waals surface area contributed by atoms with Crippen molar-refractivity contribution >= 4 is 5.69 Å². The van der Waals surface area contributed by atoms with E-state index in [-0.39, 0.29) is 17.3 Å². The minimum absolute atomic E-state index is 0.178. The Morgan fingerprint density at radius 1 is 1.08 bits per heavy atom. The third-order valence-electron chi connectivity index (χ3n) is 3.21. The highest BCUT2D eigenvalue weighted by Crippen LogP contribution is 2.36. The van der Waals surface area contributed by atoms with Crippen LogP contribution in [-0.2, 0) is 6.18 Å². The van der Waals surface area contributed by atoms with Gasteiger partial charge in [-0.15, -0.1) is 0 Å². The predicted octanol–water partition coefficient (Wildman–Crippen LogP) is 4.33. The Hall–Kier alpha value is -3.23. The van der Waals surface area contributed by atoms with Crippen molar-refractivity contribution in [3.05, 3.63) is 64.2 Å². The summed E-state index contributed by atoms with van der Waals surface area (Å²) in [7, 11) is 0. The Morgan fingerprint density at radius 2 is 1.79 bits per heavy atom. The molecule has 0 bridgehead atoms. The van der Waals surface area contributed by atoms with Crippen molar-refractivity contribution in [2.24, 2.45) is 0 Å². The van der Waals surface area contributed by atoms with Crippen molar-refractivity contribution in [3.8, 4) is 22.8 Å². The summed E-state index contributed by atoms with van der Waals surface area (Å²) >= 11 is 0. The van der Waals surface area contributed by atoms with E-state index in [0.29, 0.717) is 11.6 Å². The maximum Gasteiger partial charge on any atom is 0.416 e. The summed E-state index contributed by atoms with van der Waals surface area (Å²) in [6.07, 6.45) is -4.69. The van der Waals surface area contributed by atoms with Gasteiger partial charge in [-0.25, -0.2) is 0 Å². The smallest absolute Gasteiger partial charge is 0.333 e. The summed E-state index contributed by atoms with van der Waals surface area (Å²) in [6.45, 7) is 0. The second-order valence-electron chi connectivity index (χ2n) is 4.78. The molecule has 6 nitrogen and oxygen atoms in total. The monoisotopic (exact) mass is 335 g/mol. The lowest BCUT2D eigenvalue weighted by Gasteiger charge is -2.07. The molecule has 0 N–H and O–H groups in total. The number of hydrogen-bond donors (Lipinski definition) is 0. The molecule has 0 aliphatic carbocycles. The predicted molar refractivity (Wildman–Crippen MR) is 76.8 cm³/mol. The molecule has 24 heavy (non-hydrogen) atoms. The van der Waals surface area contributed by atoms with Crippen LogP contribution in [0.25, 0.3) is 22.8 Å². The van der Waals surface area contributed by atoms with Crippen molar-refractivity contribution in [1.82, 2.24) is 10.1 Å². The molecule has 1 aromatic heterocycles. The van der Waals surface area contributed by atoms with Gasteiger partial charge < -0.3 is 4.52 Å². The zero-order chi connectivity index (χ0) is 17.3. The third kappa shape index (κ3) is 2.96. The standard InChI is InChI=1S/C15H8F3N3O3/c16-15(17,18)10-6-7-11(12(8-10)21(22)23)14-19-13(20-24-14)9-4-2-1-3-5-9/h1-8H. The minimum atomic E-state index is -4.69. The van der Waals surface area contributed by atoms with Gasteiger partial charge in [0.2, 0.25) is 5.82 Å². The molecular formula is C15H8F3N3O3. The molecule has 1 heterocycles. The van der Waals surface area contributed by atoms with Gasteiger partial charge in [0.15, 0.2) is 0 Å². The zero-order valence-corrected chi connectivity index (χ0v) is 11.8. The lowest BCUT2D eigenvalue weighted by molar-refractivity contribution is -0.384. The first kappa shape index (κ1) is 15.7. The third-order valence-corrected chi connectivity index (χ3v) is 3.21. The number of nitro benzene ring substituents is 1. The molecule has 9 heteroatoms. The van der Waals surface area contributed by atoms with E-state index in [9.17, 15) is 23.3 Å². The second kappa shape index (κ2) is 5.76. The zero-order valence-electron chi connectivity index (χ0n) is 11.8. The van der Waals surface area contributed by atoms with E-state index in [1.807, 2.05) is 0 Å². The average molecular weight is 335 g/mol. The first-order chi connectivity index (χ1) is 11.4. The first-order valence-electron chi connectivity index (χ1n) is 6.61. The number of alkyl halides is 3. The van der Waals surface area contributed by atoms with Gasteiger partial charge in [-0.05, 0) is 12.1 Å². The molecule has 0 aliphatic rings. The fourth-order valence-corrected chi connectivity index (χ4v) is 2.08. The normalized spacial score (nSPS) is 11.5. The lowest BCUT2D eigenvalue weighted by Crippen LogP contribution is -2.06. The van der Waals surface area contributed by atoms with Crippen LogP contribution in [0.1, 0.15) is 5.56 Å². The number of hydrogen-bond acceptors (Lipinski definition) is 5. The van der Waals surface area contributed by atoms with Crippen molar-refractivity contribution in [2.45, 2.75) is 6.18 Å². The molecule has 0 fully saturated rings. The van der Waals surface area contributed by atoms with E-state index >= 15 is 0 Å². The van der Waals surface area contributed by atoms with Gasteiger partial charge in [-0.3, -0.25) is 10.1 Å². The van der Waals surface area contributed by atoms with E-state index in [4.69, 9.17) is 4.52 Å². The molecule has 3 aromatic rings. The number of benzene rings is 2. The van der Waals surface area contributed by atoms with Crippen molar-refractivity contribution in [2.75, 3.05) is 0 Å². The Balaban J connectivity index is 2.07.